The summed E-state index contributed by atoms with van der Waals surface area (Å²) < 4.78 is 34.1. The lowest BCUT2D eigenvalue weighted by molar-refractivity contribution is 0.417. The second-order valence-corrected chi connectivity index (χ2v) is 6.07. The van der Waals surface area contributed by atoms with Gasteiger partial charge in [0.2, 0.25) is 0 Å². The van der Waals surface area contributed by atoms with Gasteiger partial charge in [-0.3, -0.25) is 14.5 Å². The third-order valence-corrected chi connectivity index (χ3v) is 4.42. The molecule has 0 bridgehead atoms. The Morgan fingerprint density at radius 3 is 2.81 bits per heavy atom. The molecule has 21 heavy (non-hydrogen) atoms. The van der Waals surface area contributed by atoms with Crippen LogP contribution in [0.1, 0.15) is 0 Å². The van der Waals surface area contributed by atoms with Crippen LogP contribution in [-0.4, -0.2) is 35.5 Å². The maximum atomic E-state index is 12.4. The molecule has 0 saturated carbocycles. The van der Waals surface area contributed by atoms with E-state index in [1.165, 1.54) is 19.5 Å². The molecule has 2 heterocycles. The van der Waals surface area contributed by atoms with Crippen molar-refractivity contribution >= 4 is 26.6 Å². The molecule has 3 rings (SSSR count). The zero-order chi connectivity index (χ0) is 15.0. The molecule has 0 unspecified atom stereocenters. The van der Waals surface area contributed by atoms with E-state index in [9.17, 15) is 8.42 Å². The van der Waals surface area contributed by atoms with Crippen LogP contribution in [0, 0.1) is 0 Å². The van der Waals surface area contributed by atoms with Gasteiger partial charge in [-0.15, -0.1) is 0 Å². The molecule has 9 heteroatoms. The number of fused-ring (bicyclic) bond motifs is 1. The first-order valence-corrected chi connectivity index (χ1v) is 7.51. The normalized spacial score (nSPS) is 11.7. The van der Waals surface area contributed by atoms with Crippen LogP contribution in [0.3, 0.4) is 0 Å². The summed E-state index contributed by atoms with van der Waals surface area (Å²) >= 11 is 0. The molecule has 1 aromatic carbocycles. The van der Waals surface area contributed by atoms with Crippen LogP contribution >= 0.6 is 0 Å². The van der Waals surface area contributed by atoms with E-state index >= 15 is 0 Å². The van der Waals surface area contributed by atoms with E-state index in [0.29, 0.717) is 17.0 Å². The molecule has 0 spiro atoms. The Kier molecular flexibility index (Phi) is 3.05. The Labute approximate surface area is 120 Å². The Balaban J connectivity index is 2.18. The van der Waals surface area contributed by atoms with Crippen molar-refractivity contribution in [3.8, 4) is 5.75 Å². The van der Waals surface area contributed by atoms with Gasteiger partial charge in [0.1, 0.15) is 16.3 Å². The van der Waals surface area contributed by atoms with Crippen LogP contribution in [0.4, 0.5) is 5.69 Å². The summed E-state index contributed by atoms with van der Waals surface area (Å²) in [7, 11) is -0.541. The van der Waals surface area contributed by atoms with E-state index < -0.39 is 10.0 Å². The fourth-order valence-electron chi connectivity index (χ4n) is 2.10. The van der Waals surface area contributed by atoms with Crippen molar-refractivity contribution in [2.75, 3.05) is 11.8 Å². The quantitative estimate of drug-likeness (QED) is 0.751. The van der Waals surface area contributed by atoms with Gasteiger partial charge in [-0.25, -0.2) is 8.42 Å². The Morgan fingerprint density at radius 1 is 1.33 bits per heavy atom. The average molecular weight is 307 g/mol. The van der Waals surface area contributed by atoms with Crippen LogP contribution in [0.15, 0.2) is 35.6 Å². The highest BCUT2D eigenvalue weighted by atomic mass is 32.2. The number of benzene rings is 1. The summed E-state index contributed by atoms with van der Waals surface area (Å²) in [6, 6.07) is 3.51. The lowest BCUT2D eigenvalue weighted by atomic mass is 10.2. The number of hydrogen-bond donors (Lipinski definition) is 2. The number of anilines is 1. The first-order valence-electron chi connectivity index (χ1n) is 6.03. The lowest BCUT2D eigenvalue weighted by Crippen LogP contribution is -2.14. The molecule has 0 aliphatic carbocycles. The van der Waals surface area contributed by atoms with Crippen molar-refractivity contribution in [2.45, 2.75) is 4.90 Å². The average Bonchev–Trinajstić information content (AvgIpc) is 3.09. The number of ether oxygens (including phenoxy) is 1. The second-order valence-electron chi connectivity index (χ2n) is 4.39. The monoisotopic (exact) mass is 307 g/mol. The van der Waals surface area contributed by atoms with Crippen molar-refractivity contribution in [3.05, 3.63) is 30.7 Å². The number of nitrogens with zero attached hydrogens (tertiary/aromatic N) is 3. The molecule has 0 amide bonds. The van der Waals surface area contributed by atoms with Crippen molar-refractivity contribution in [1.29, 1.82) is 0 Å². The van der Waals surface area contributed by atoms with Crippen LogP contribution in [0.2, 0.25) is 0 Å². The molecule has 3 aromatic rings. The molecule has 0 radical (unpaired) electrons. The number of aryl methyl sites for hydroxylation is 1. The van der Waals surface area contributed by atoms with E-state index in [4.69, 9.17) is 4.74 Å². The summed E-state index contributed by atoms with van der Waals surface area (Å²) in [6.45, 7) is 0. The zero-order valence-electron chi connectivity index (χ0n) is 11.4. The molecule has 0 atom stereocenters. The van der Waals surface area contributed by atoms with E-state index in [2.05, 4.69) is 20.0 Å². The van der Waals surface area contributed by atoms with Crippen molar-refractivity contribution in [3.63, 3.8) is 0 Å². The van der Waals surface area contributed by atoms with Crippen molar-refractivity contribution < 1.29 is 13.2 Å². The lowest BCUT2D eigenvalue weighted by Gasteiger charge is -2.12. The van der Waals surface area contributed by atoms with Crippen molar-refractivity contribution in [1.82, 2.24) is 20.0 Å². The molecule has 0 fully saturated rings. The van der Waals surface area contributed by atoms with E-state index in [-0.39, 0.29) is 4.90 Å². The summed E-state index contributed by atoms with van der Waals surface area (Å²) in [6.07, 6.45) is 4.20. The Hall–Kier alpha value is -2.55. The number of rotatable bonds is 4. The van der Waals surface area contributed by atoms with Gasteiger partial charge in [-0.1, -0.05) is 0 Å². The first kappa shape index (κ1) is 13.4. The predicted octanol–water partition coefficient (Wildman–Crippen LogP) is 1.11. The number of methoxy groups -OCH3 is 1. The minimum atomic E-state index is -3.75. The third-order valence-electron chi connectivity index (χ3n) is 3.10. The van der Waals surface area contributed by atoms with Gasteiger partial charge in [0, 0.05) is 18.6 Å². The van der Waals surface area contributed by atoms with Crippen LogP contribution < -0.4 is 9.46 Å². The van der Waals surface area contributed by atoms with Crippen molar-refractivity contribution in [2.24, 2.45) is 7.05 Å². The van der Waals surface area contributed by atoms with Crippen LogP contribution in [0.5, 0.6) is 5.75 Å². The topological polar surface area (TPSA) is 102 Å². The molecule has 8 nitrogen and oxygen atoms in total. The summed E-state index contributed by atoms with van der Waals surface area (Å²) in [4.78, 5) is 0.0451. The summed E-state index contributed by atoms with van der Waals surface area (Å²) in [5.41, 5.74) is 0.984. The van der Waals surface area contributed by atoms with Gasteiger partial charge < -0.3 is 4.74 Å². The number of aromatic amines is 1. The molecule has 2 N–H and O–H groups in total. The molecular formula is C12H13N5O3S. The van der Waals surface area contributed by atoms with Crippen LogP contribution in [-0.2, 0) is 17.1 Å². The highest BCUT2D eigenvalue weighted by Gasteiger charge is 2.21. The Morgan fingerprint density at radius 2 is 2.14 bits per heavy atom. The summed E-state index contributed by atoms with van der Waals surface area (Å²) in [5, 5.41) is 11.1. The maximum absolute atomic E-state index is 12.4. The summed E-state index contributed by atoms with van der Waals surface area (Å²) in [5.74, 6) is 0.415. The second kappa shape index (κ2) is 4.77. The number of hydrogen-bond acceptors (Lipinski definition) is 5. The molecule has 0 saturated heterocycles. The standard InChI is InChI=1S/C12H13N5O3S/c1-17-12-8(5-15-17)3-4-10(20-2)11(12)16-21(18,19)9-6-13-14-7-9/h3-7,16H,1-2H3,(H,13,14). The predicted molar refractivity (Wildman–Crippen MR) is 76.7 cm³/mol. The first-order chi connectivity index (χ1) is 10.0. The van der Waals surface area contributed by atoms with Crippen LogP contribution in [0.25, 0.3) is 10.9 Å². The Bertz CT molecular complexity index is 883. The molecule has 110 valence electrons. The molecular weight excluding hydrogens is 294 g/mol. The fraction of sp³-hybridized carbons (Fsp3) is 0.167. The van der Waals surface area contributed by atoms with E-state index in [1.807, 2.05) is 6.07 Å². The minimum Gasteiger partial charge on any atom is -0.494 e. The largest absolute Gasteiger partial charge is 0.494 e. The zero-order valence-corrected chi connectivity index (χ0v) is 12.2. The van der Waals surface area contributed by atoms with Gasteiger partial charge in [0.05, 0.1) is 25.0 Å². The molecule has 2 aromatic heterocycles. The minimum absolute atomic E-state index is 0.0451. The van der Waals surface area contributed by atoms with Gasteiger partial charge in [0.25, 0.3) is 10.0 Å². The highest BCUT2D eigenvalue weighted by Crippen LogP contribution is 2.34. The van der Waals surface area contributed by atoms with E-state index in [0.717, 1.165) is 5.39 Å². The van der Waals surface area contributed by atoms with Gasteiger partial charge in [0.15, 0.2) is 0 Å². The smallest absolute Gasteiger partial charge is 0.265 e. The van der Waals surface area contributed by atoms with Gasteiger partial charge >= 0.3 is 0 Å². The number of sulfonamides is 1. The van der Waals surface area contributed by atoms with Gasteiger partial charge in [-0.2, -0.15) is 10.2 Å². The maximum Gasteiger partial charge on any atom is 0.265 e. The highest BCUT2D eigenvalue weighted by molar-refractivity contribution is 7.92. The fourth-order valence-corrected chi connectivity index (χ4v) is 3.08. The number of nitrogens with one attached hydrogen (secondary N) is 2. The van der Waals surface area contributed by atoms with E-state index in [1.54, 1.807) is 24.0 Å². The molecule has 0 aliphatic rings. The SMILES string of the molecule is COc1ccc2cnn(C)c2c1NS(=O)(=O)c1cn[nH]c1. The third kappa shape index (κ3) is 2.21. The van der Waals surface area contributed by atoms with Gasteiger partial charge in [-0.05, 0) is 12.1 Å². The molecule has 0 aliphatic heterocycles. The number of aromatic nitrogens is 4. The number of H-pyrrole nitrogens is 1.